The van der Waals surface area contributed by atoms with Crippen molar-refractivity contribution in [2.45, 2.75) is 45.3 Å². The van der Waals surface area contributed by atoms with Crippen LogP contribution in [0.2, 0.25) is 0 Å². The van der Waals surface area contributed by atoms with Crippen LogP contribution in [0, 0.1) is 5.41 Å². The molecule has 0 heterocycles. The summed E-state index contributed by atoms with van der Waals surface area (Å²) in [5.41, 5.74) is 7.23. The number of hydrogen-bond donors (Lipinski definition) is 2. The fraction of sp³-hybridized carbons (Fsp3) is 0.588. The van der Waals surface area contributed by atoms with E-state index >= 15 is 0 Å². The second kappa shape index (κ2) is 6.06. The van der Waals surface area contributed by atoms with Crippen molar-refractivity contribution >= 4 is 5.96 Å². The Balaban J connectivity index is 1.82. The molecular formula is C17H27N3O. The maximum Gasteiger partial charge on any atom is 0.188 e. The number of guanidine groups is 1. The van der Waals surface area contributed by atoms with Crippen LogP contribution >= 0.6 is 0 Å². The third kappa shape index (κ3) is 3.21. The lowest BCUT2D eigenvalue weighted by atomic mass is 9.56. The predicted octanol–water partition coefficient (Wildman–Crippen LogP) is 2.34. The van der Waals surface area contributed by atoms with E-state index in [-0.39, 0.29) is 11.0 Å². The Morgan fingerprint density at radius 1 is 1.33 bits per heavy atom. The Bertz CT molecular complexity index is 498. The van der Waals surface area contributed by atoms with Crippen LogP contribution in [0.3, 0.4) is 0 Å². The Morgan fingerprint density at radius 3 is 2.57 bits per heavy atom. The fourth-order valence-corrected chi connectivity index (χ4v) is 2.90. The molecule has 1 aromatic carbocycles. The molecule has 0 saturated heterocycles. The summed E-state index contributed by atoms with van der Waals surface area (Å²) in [4.78, 5) is 4.42. The number of methoxy groups -OCH3 is 1. The Hall–Kier alpha value is -1.55. The van der Waals surface area contributed by atoms with E-state index < -0.39 is 0 Å². The molecule has 0 aliphatic heterocycles. The number of nitrogens with one attached hydrogen (secondary N) is 1. The van der Waals surface area contributed by atoms with Gasteiger partial charge in [-0.1, -0.05) is 44.2 Å². The van der Waals surface area contributed by atoms with Crippen LogP contribution in [-0.2, 0) is 11.2 Å². The molecule has 1 aromatic rings. The lowest BCUT2D eigenvalue weighted by molar-refractivity contribution is -0.176. The SMILES string of the molecule is COC1(C)CC(NC(N)=NCCc2ccccc2)C1(C)C. The number of benzene rings is 1. The van der Waals surface area contributed by atoms with E-state index in [1.165, 1.54) is 5.56 Å². The summed E-state index contributed by atoms with van der Waals surface area (Å²) in [6, 6.07) is 10.6. The van der Waals surface area contributed by atoms with Gasteiger partial charge in [-0.25, -0.2) is 0 Å². The van der Waals surface area contributed by atoms with Gasteiger partial charge in [0.05, 0.1) is 5.60 Å². The molecule has 1 aliphatic carbocycles. The molecule has 3 N–H and O–H groups in total. The quantitative estimate of drug-likeness (QED) is 0.646. The Morgan fingerprint density at radius 2 is 2.00 bits per heavy atom. The zero-order valence-electron chi connectivity index (χ0n) is 13.5. The Labute approximate surface area is 127 Å². The first-order valence-corrected chi connectivity index (χ1v) is 7.54. The molecule has 0 radical (unpaired) electrons. The van der Waals surface area contributed by atoms with Crippen molar-refractivity contribution in [3.63, 3.8) is 0 Å². The average molecular weight is 289 g/mol. The molecule has 2 atom stereocenters. The molecule has 0 spiro atoms. The minimum atomic E-state index is -0.0883. The van der Waals surface area contributed by atoms with Crippen molar-refractivity contribution in [3.8, 4) is 0 Å². The number of nitrogens with zero attached hydrogens (tertiary/aromatic N) is 1. The van der Waals surface area contributed by atoms with Crippen molar-refractivity contribution in [1.29, 1.82) is 0 Å². The van der Waals surface area contributed by atoms with Gasteiger partial charge < -0.3 is 15.8 Å². The van der Waals surface area contributed by atoms with Crippen molar-refractivity contribution in [1.82, 2.24) is 5.32 Å². The topological polar surface area (TPSA) is 59.6 Å². The van der Waals surface area contributed by atoms with Gasteiger partial charge in [-0.15, -0.1) is 0 Å². The number of rotatable bonds is 5. The lowest BCUT2D eigenvalue weighted by Gasteiger charge is -2.59. The van der Waals surface area contributed by atoms with Gasteiger partial charge in [-0.3, -0.25) is 4.99 Å². The van der Waals surface area contributed by atoms with E-state index in [1.54, 1.807) is 7.11 Å². The van der Waals surface area contributed by atoms with Gasteiger partial charge in [0.1, 0.15) is 0 Å². The first-order valence-electron chi connectivity index (χ1n) is 7.54. The third-order valence-electron chi connectivity index (χ3n) is 5.13. The smallest absolute Gasteiger partial charge is 0.188 e. The molecule has 2 rings (SSSR count). The van der Waals surface area contributed by atoms with Crippen LogP contribution in [0.15, 0.2) is 35.3 Å². The normalized spacial score (nSPS) is 28.0. The van der Waals surface area contributed by atoms with Crippen LogP contribution in [0.25, 0.3) is 0 Å². The van der Waals surface area contributed by atoms with Crippen LogP contribution in [0.4, 0.5) is 0 Å². The third-order valence-corrected chi connectivity index (χ3v) is 5.13. The number of hydrogen-bond acceptors (Lipinski definition) is 2. The van der Waals surface area contributed by atoms with E-state index in [1.807, 2.05) is 18.2 Å². The van der Waals surface area contributed by atoms with Gasteiger partial charge in [-0.2, -0.15) is 0 Å². The van der Waals surface area contributed by atoms with Gasteiger partial charge >= 0.3 is 0 Å². The summed E-state index contributed by atoms with van der Waals surface area (Å²) in [7, 11) is 1.77. The maximum atomic E-state index is 6.00. The fourth-order valence-electron chi connectivity index (χ4n) is 2.90. The van der Waals surface area contributed by atoms with E-state index in [0.29, 0.717) is 18.5 Å². The van der Waals surface area contributed by atoms with Gasteiger partial charge in [0, 0.05) is 25.1 Å². The monoisotopic (exact) mass is 289 g/mol. The van der Waals surface area contributed by atoms with E-state index in [9.17, 15) is 0 Å². The average Bonchev–Trinajstić information content (AvgIpc) is 2.47. The molecule has 116 valence electrons. The second-order valence-electron chi connectivity index (χ2n) is 6.56. The highest BCUT2D eigenvalue weighted by molar-refractivity contribution is 5.78. The van der Waals surface area contributed by atoms with Gasteiger partial charge in [0.15, 0.2) is 5.96 Å². The largest absolute Gasteiger partial charge is 0.378 e. The highest BCUT2D eigenvalue weighted by Crippen LogP contribution is 2.51. The van der Waals surface area contributed by atoms with Crippen LogP contribution in [0.1, 0.15) is 32.8 Å². The molecule has 4 heteroatoms. The molecule has 4 nitrogen and oxygen atoms in total. The summed E-state index contributed by atoms with van der Waals surface area (Å²) in [5, 5.41) is 3.33. The van der Waals surface area contributed by atoms with Crippen LogP contribution in [0.5, 0.6) is 0 Å². The van der Waals surface area contributed by atoms with Crippen molar-refractivity contribution in [2.24, 2.45) is 16.1 Å². The molecule has 1 saturated carbocycles. The standard InChI is InChI=1S/C17H27N3O/c1-16(2)14(12-17(16,3)21-4)20-15(18)19-11-10-13-8-6-5-7-9-13/h5-9,14H,10-12H2,1-4H3,(H3,18,19,20). The second-order valence-corrected chi connectivity index (χ2v) is 6.56. The van der Waals surface area contributed by atoms with Crippen molar-refractivity contribution in [3.05, 3.63) is 35.9 Å². The molecular weight excluding hydrogens is 262 g/mol. The highest BCUT2D eigenvalue weighted by atomic mass is 16.5. The maximum absolute atomic E-state index is 6.00. The minimum absolute atomic E-state index is 0.0430. The van der Waals surface area contributed by atoms with E-state index in [0.717, 1.165) is 12.8 Å². The molecule has 1 fully saturated rings. The summed E-state index contributed by atoms with van der Waals surface area (Å²) in [6.07, 6.45) is 1.86. The van der Waals surface area contributed by atoms with Crippen molar-refractivity contribution < 1.29 is 4.74 Å². The molecule has 0 aromatic heterocycles. The summed E-state index contributed by atoms with van der Waals surface area (Å²) in [6.45, 7) is 7.26. The zero-order chi connectivity index (χ0) is 15.5. The molecule has 2 unspecified atom stereocenters. The van der Waals surface area contributed by atoms with Crippen LogP contribution < -0.4 is 11.1 Å². The minimum Gasteiger partial charge on any atom is -0.378 e. The first kappa shape index (κ1) is 15.8. The van der Waals surface area contributed by atoms with Crippen molar-refractivity contribution in [2.75, 3.05) is 13.7 Å². The van der Waals surface area contributed by atoms with Gasteiger partial charge in [0.2, 0.25) is 0 Å². The molecule has 1 aliphatic rings. The summed E-state index contributed by atoms with van der Waals surface area (Å²) in [5.74, 6) is 0.530. The number of nitrogens with two attached hydrogens (primary N) is 1. The predicted molar refractivity (Wildman–Crippen MR) is 87.4 cm³/mol. The van der Waals surface area contributed by atoms with Gasteiger partial charge in [0.25, 0.3) is 0 Å². The zero-order valence-corrected chi connectivity index (χ0v) is 13.5. The summed E-state index contributed by atoms with van der Waals surface area (Å²) >= 11 is 0. The number of ether oxygens (including phenoxy) is 1. The molecule has 21 heavy (non-hydrogen) atoms. The molecule has 0 amide bonds. The summed E-state index contributed by atoms with van der Waals surface area (Å²) < 4.78 is 5.62. The highest BCUT2D eigenvalue weighted by Gasteiger charge is 2.57. The molecule has 0 bridgehead atoms. The first-order chi connectivity index (χ1) is 9.89. The Kier molecular flexibility index (Phi) is 4.57. The van der Waals surface area contributed by atoms with E-state index in [2.05, 4.69) is 43.2 Å². The van der Waals surface area contributed by atoms with Crippen LogP contribution in [-0.4, -0.2) is 31.3 Å². The lowest BCUT2D eigenvalue weighted by Crippen LogP contribution is -2.69. The van der Waals surface area contributed by atoms with E-state index in [4.69, 9.17) is 10.5 Å². The number of aliphatic imine (C=N–C) groups is 1. The van der Waals surface area contributed by atoms with Gasteiger partial charge in [-0.05, 0) is 25.3 Å².